The molecule has 1 amide bonds. The minimum absolute atomic E-state index is 0.718. The van der Waals surface area contributed by atoms with Crippen LogP contribution in [0.1, 0.15) is 4.79 Å². The van der Waals surface area contributed by atoms with E-state index in [0.29, 0.717) is 0 Å². The highest BCUT2D eigenvalue weighted by Gasteiger charge is 2.08. The molecule has 0 aromatic carbocycles. The molecule has 4 heteroatoms. The van der Waals surface area contributed by atoms with Gasteiger partial charge in [-0.2, -0.15) is 0 Å². The van der Waals surface area contributed by atoms with E-state index in [2.05, 4.69) is 0 Å². The first-order chi connectivity index (χ1) is 4.72. The molecule has 0 saturated carbocycles. The van der Waals surface area contributed by atoms with Crippen LogP contribution in [0, 0.1) is 0 Å². The maximum Gasteiger partial charge on any atom is 0.319 e. The number of primary amides is 1. The van der Waals surface area contributed by atoms with E-state index < -0.39 is 11.8 Å². The van der Waals surface area contributed by atoms with Crippen molar-refractivity contribution in [3.63, 3.8) is 0 Å². The third kappa shape index (κ3) is 1.05. The molecular weight excluding hydrogens is 132 g/mol. The lowest BCUT2D eigenvalue weighted by molar-refractivity contribution is -0.114. The molecule has 0 fully saturated rings. The first-order valence-corrected chi connectivity index (χ1v) is 2.69. The molecule has 52 valence electrons. The molecule has 0 spiro atoms. The Balaban J connectivity index is 2.88. The largest absolute Gasteiger partial charge is 0.361 e. The molecule has 10 heavy (non-hydrogen) atoms. The van der Waals surface area contributed by atoms with E-state index in [9.17, 15) is 9.59 Å². The highest BCUT2D eigenvalue weighted by Crippen LogP contribution is 1.88. The molecule has 0 radical (unpaired) electrons. The van der Waals surface area contributed by atoms with E-state index in [1.54, 1.807) is 12.1 Å². The SMILES string of the molecule is NC(=O)C(=O)n1cccc1. The summed E-state index contributed by atoms with van der Waals surface area (Å²) in [5.41, 5.74) is 4.72. The van der Waals surface area contributed by atoms with E-state index in [1.165, 1.54) is 12.4 Å². The average Bonchev–Trinajstić information content (AvgIpc) is 2.36. The molecule has 0 aliphatic carbocycles. The minimum Gasteiger partial charge on any atom is -0.361 e. The van der Waals surface area contributed by atoms with E-state index in [4.69, 9.17) is 5.73 Å². The second kappa shape index (κ2) is 2.34. The molecule has 0 aliphatic heterocycles. The fraction of sp³-hybridized carbons (Fsp3) is 0. The van der Waals surface area contributed by atoms with Gasteiger partial charge in [-0.05, 0) is 12.1 Å². The van der Waals surface area contributed by atoms with Gasteiger partial charge in [0, 0.05) is 12.4 Å². The summed E-state index contributed by atoms with van der Waals surface area (Å²) in [6.45, 7) is 0. The molecule has 0 bridgehead atoms. The van der Waals surface area contributed by atoms with Gasteiger partial charge in [-0.3, -0.25) is 14.2 Å². The Hall–Kier alpha value is -1.58. The van der Waals surface area contributed by atoms with Crippen LogP contribution in [0.25, 0.3) is 0 Å². The molecule has 0 aliphatic rings. The van der Waals surface area contributed by atoms with Crippen LogP contribution in [0.5, 0.6) is 0 Å². The van der Waals surface area contributed by atoms with Gasteiger partial charge in [0.1, 0.15) is 0 Å². The van der Waals surface area contributed by atoms with Crippen LogP contribution in [0.4, 0.5) is 0 Å². The van der Waals surface area contributed by atoms with Crippen LogP contribution < -0.4 is 5.73 Å². The zero-order chi connectivity index (χ0) is 7.56. The Morgan fingerprint density at radius 3 is 2.10 bits per heavy atom. The van der Waals surface area contributed by atoms with Crippen molar-refractivity contribution in [3.8, 4) is 0 Å². The minimum atomic E-state index is -0.948. The topological polar surface area (TPSA) is 65.1 Å². The lowest BCUT2D eigenvalue weighted by Crippen LogP contribution is -2.27. The predicted molar refractivity (Wildman–Crippen MR) is 34.3 cm³/mol. The molecule has 4 nitrogen and oxygen atoms in total. The molecular formula is C6H6N2O2. The third-order valence-corrected chi connectivity index (χ3v) is 1.05. The summed E-state index contributed by atoms with van der Waals surface area (Å²) in [7, 11) is 0. The fourth-order valence-corrected chi connectivity index (χ4v) is 0.597. The van der Waals surface area contributed by atoms with Crippen LogP contribution in [-0.2, 0) is 4.79 Å². The van der Waals surface area contributed by atoms with Crippen molar-refractivity contribution in [2.75, 3.05) is 0 Å². The van der Waals surface area contributed by atoms with Crippen LogP contribution in [0.15, 0.2) is 24.5 Å². The summed E-state index contributed by atoms with van der Waals surface area (Å²) in [6.07, 6.45) is 2.93. The van der Waals surface area contributed by atoms with Crippen molar-refractivity contribution in [2.24, 2.45) is 5.73 Å². The second-order valence-electron chi connectivity index (χ2n) is 1.76. The first kappa shape index (κ1) is 6.54. The summed E-state index contributed by atoms with van der Waals surface area (Å²) in [5, 5.41) is 0. The van der Waals surface area contributed by atoms with Gasteiger partial charge in [0.25, 0.3) is 0 Å². The van der Waals surface area contributed by atoms with Crippen molar-refractivity contribution in [2.45, 2.75) is 0 Å². The third-order valence-electron chi connectivity index (χ3n) is 1.05. The van der Waals surface area contributed by atoms with Crippen LogP contribution in [-0.4, -0.2) is 16.4 Å². The number of rotatable bonds is 0. The van der Waals surface area contributed by atoms with Gasteiger partial charge < -0.3 is 5.73 Å². The van der Waals surface area contributed by atoms with Crippen molar-refractivity contribution in [3.05, 3.63) is 24.5 Å². The van der Waals surface area contributed by atoms with Crippen molar-refractivity contribution in [1.82, 2.24) is 4.57 Å². The Labute approximate surface area is 57.2 Å². The highest BCUT2D eigenvalue weighted by atomic mass is 16.2. The van der Waals surface area contributed by atoms with Crippen molar-refractivity contribution >= 4 is 11.8 Å². The van der Waals surface area contributed by atoms with E-state index in [-0.39, 0.29) is 0 Å². The standard InChI is InChI=1S/C6H6N2O2/c7-5(9)6(10)8-3-1-2-4-8/h1-4H,(H2,7,9). The lowest BCUT2D eigenvalue weighted by Gasteiger charge is -1.93. The molecule has 1 rings (SSSR count). The Bertz CT molecular complexity index is 251. The molecule has 2 N–H and O–H groups in total. The fourth-order valence-electron chi connectivity index (χ4n) is 0.597. The Kier molecular flexibility index (Phi) is 1.53. The number of aromatic nitrogens is 1. The maximum atomic E-state index is 10.7. The first-order valence-electron chi connectivity index (χ1n) is 2.69. The lowest BCUT2D eigenvalue weighted by atomic mass is 10.6. The van der Waals surface area contributed by atoms with Gasteiger partial charge in [0.05, 0.1) is 0 Å². The van der Waals surface area contributed by atoms with Crippen LogP contribution >= 0.6 is 0 Å². The van der Waals surface area contributed by atoms with Crippen LogP contribution in [0.3, 0.4) is 0 Å². The van der Waals surface area contributed by atoms with E-state index in [1.807, 2.05) is 0 Å². The normalized spacial score (nSPS) is 9.20. The quantitative estimate of drug-likeness (QED) is 0.496. The summed E-state index contributed by atoms with van der Waals surface area (Å²) < 4.78 is 1.13. The van der Waals surface area contributed by atoms with Crippen molar-refractivity contribution in [1.29, 1.82) is 0 Å². The number of carbonyl (C=O) groups excluding carboxylic acids is 2. The smallest absolute Gasteiger partial charge is 0.319 e. The van der Waals surface area contributed by atoms with E-state index in [0.717, 1.165) is 4.57 Å². The predicted octanol–water partition coefficient (Wildman–Crippen LogP) is -0.386. The monoisotopic (exact) mass is 138 g/mol. The van der Waals surface area contributed by atoms with E-state index >= 15 is 0 Å². The van der Waals surface area contributed by atoms with Crippen LogP contribution in [0.2, 0.25) is 0 Å². The van der Waals surface area contributed by atoms with Gasteiger partial charge in [0.15, 0.2) is 0 Å². The van der Waals surface area contributed by atoms with Gasteiger partial charge >= 0.3 is 11.8 Å². The van der Waals surface area contributed by atoms with Gasteiger partial charge in [0.2, 0.25) is 0 Å². The highest BCUT2D eigenvalue weighted by molar-refractivity contribution is 6.35. The second-order valence-corrected chi connectivity index (χ2v) is 1.76. The Morgan fingerprint density at radius 2 is 1.70 bits per heavy atom. The summed E-state index contributed by atoms with van der Waals surface area (Å²) in [5.74, 6) is -1.67. The molecule has 1 aromatic rings. The molecule has 0 unspecified atom stereocenters. The molecule has 1 aromatic heterocycles. The molecule has 0 saturated heterocycles. The maximum absolute atomic E-state index is 10.7. The summed E-state index contributed by atoms with van der Waals surface area (Å²) in [6, 6.07) is 3.28. The number of hydrogen-bond donors (Lipinski definition) is 1. The van der Waals surface area contributed by atoms with Crippen molar-refractivity contribution < 1.29 is 9.59 Å². The zero-order valence-corrected chi connectivity index (χ0v) is 5.15. The number of amides is 1. The Morgan fingerprint density at radius 1 is 1.20 bits per heavy atom. The number of carbonyl (C=O) groups is 2. The van der Waals surface area contributed by atoms with Gasteiger partial charge in [-0.25, -0.2) is 0 Å². The summed E-state index contributed by atoms with van der Waals surface area (Å²) in [4.78, 5) is 20.9. The number of nitrogens with two attached hydrogens (primary N) is 1. The number of hydrogen-bond acceptors (Lipinski definition) is 2. The van der Waals surface area contributed by atoms with Gasteiger partial charge in [-0.1, -0.05) is 0 Å². The average molecular weight is 138 g/mol. The molecule has 0 atom stereocenters. The number of nitrogens with zero attached hydrogens (tertiary/aromatic N) is 1. The van der Waals surface area contributed by atoms with Gasteiger partial charge in [-0.15, -0.1) is 0 Å². The summed E-state index contributed by atoms with van der Waals surface area (Å²) >= 11 is 0. The zero-order valence-electron chi connectivity index (χ0n) is 5.15. The molecule has 1 heterocycles.